The van der Waals surface area contributed by atoms with E-state index in [1.165, 1.54) is 0 Å². The first-order chi connectivity index (χ1) is 9.37. The van der Waals surface area contributed by atoms with Crippen molar-refractivity contribution < 1.29 is 14.6 Å². The minimum absolute atomic E-state index is 0.0720. The number of rotatable bonds is 3. The number of likely N-dealkylation sites (tertiary alicyclic amines) is 1. The topological polar surface area (TPSA) is 49.8 Å². The van der Waals surface area contributed by atoms with Gasteiger partial charge in [0.2, 0.25) is 0 Å². The Balaban J connectivity index is 1.92. The zero-order valence-electron chi connectivity index (χ0n) is 11.2. The smallest absolute Gasteiger partial charge is 0.260 e. The molecule has 0 spiro atoms. The largest absolute Gasteiger partial charge is 0.482 e. The van der Waals surface area contributed by atoms with Crippen LogP contribution in [0.3, 0.4) is 0 Å². The molecule has 1 N–H and O–H groups in total. The van der Waals surface area contributed by atoms with E-state index in [1.54, 1.807) is 30.0 Å². The average molecular weight is 363 g/mol. The number of halogens is 2. The van der Waals surface area contributed by atoms with Crippen LogP contribution >= 0.6 is 27.5 Å². The number of nitrogens with zero attached hydrogens (tertiary/aromatic N) is 1. The number of aliphatic hydroxyl groups is 1. The number of hydrogen-bond donors (Lipinski definition) is 1. The minimum atomic E-state index is -0.802. The molecule has 4 nitrogen and oxygen atoms in total. The second-order valence-corrected chi connectivity index (χ2v) is 6.60. The summed E-state index contributed by atoms with van der Waals surface area (Å²) in [4.78, 5) is 13.7. The van der Waals surface area contributed by atoms with Gasteiger partial charge < -0.3 is 14.7 Å². The molecule has 2 rings (SSSR count). The second-order valence-electron chi connectivity index (χ2n) is 5.28. The molecule has 0 bridgehead atoms. The number of hydrogen-bond acceptors (Lipinski definition) is 3. The highest BCUT2D eigenvalue weighted by Gasteiger charge is 2.30. The Kier molecular flexibility index (Phi) is 4.94. The van der Waals surface area contributed by atoms with Gasteiger partial charge in [-0.2, -0.15) is 0 Å². The van der Waals surface area contributed by atoms with Gasteiger partial charge in [-0.3, -0.25) is 4.79 Å². The third-order valence-electron chi connectivity index (χ3n) is 3.27. The van der Waals surface area contributed by atoms with Crippen LogP contribution in [-0.4, -0.2) is 41.2 Å². The molecule has 1 heterocycles. The molecule has 1 amide bonds. The Labute approximate surface area is 131 Å². The maximum Gasteiger partial charge on any atom is 0.260 e. The van der Waals surface area contributed by atoms with Crippen LogP contribution in [0.25, 0.3) is 0 Å². The first kappa shape index (κ1) is 15.6. The van der Waals surface area contributed by atoms with Crippen LogP contribution in [0.1, 0.15) is 19.8 Å². The van der Waals surface area contributed by atoms with Crippen LogP contribution in [0.5, 0.6) is 5.75 Å². The summed E-state index contributed by atoms with van der Waals surface area (Å²) in [5.74, 6) is 0.343. The lowest BCUT2D eigenvalue weighted by Crippen LogP contribution is -2.49. The molecule has 1 saturated heterocycles. The molecular weight excluding hydrogens is 346 g/mol. The van der Waals surface area contributed by atoms with Crippen molar-refractivity contribution in [3.63, 3.8) is 0 Å². The van der Waals surface area contributed by atoms with E-state index in [0.29, 0.717) is 23.9 Å². The third-order valence-corrected chi connectivity index (χ3v) is 4.06. The van der Waals surface area contributed by atoms with Gasteiger partial charge in [-0.05, 0) is 38.0 Å². The van der Waals surface area contributed by atoms with Gasteiger partial charge in [0, 0.05) is 17.6 Å². The van der Waals surface area contributed by atoms with Gasteiger partial charge in [0.25, 0.3) is 5.91 Å². The summed E-state index contributed by atoms with van der Waals surface area (Å²) >= 11 is 9.33. The number of amides is 1. The molecule has 1 aliphatic heterocycles. The van der Waals surface area contributed by atoms with E-state index in [4.69, 9.17) is 16.3 Å². The molecule has 0 aromatic heterocycles. The molecule has 6 heteroatoms. The molecule has 20 heavy (non-hydrogen) atoms. The van der Waals surface area contributed by atoms with Crippen LogP contribution in [0.4, 0.5) is 0 Å². The van der Waals surface area contributed by atoms with Gasteiger partial charge in [-0.15, -0.1) is 0 Å². The lowest BCUT2D eigenvalue weighted by Gasteiger charge is -2.36. The van der Waals surface area contributed by atoms with E-state index in [-0.39, 0.29) is 12.5 Å². The van der Waals surface area contributed by atoms with Crippen LogP contribution in [0, 0.1) is 0 Å². The van der Waals surface area contributed by atoms with Gasteiger partial charge >= 0.3 is 0 Å². The van der Waals surface area contributed by atoms with Crippen molar-refractivity contribution in [1.82, 2.24) is 4.90 Å². The Morgan fingerprint density at radius 1 is 1.60 bits per heavy atom. The van der Waals surface area contributed by atoms with E-state index < -0.39 is 5.60 Å². The van der Waals surface area contributed by atoms with Crippen molar-refractivity contribution in [2.24, 2.45) is 0 Å². The number of benzene rings is 1. The fourth-order valence-electron chi connectivity index (χ4n) is 2.26. The molecule has 1 aromatic carbocycles. The van der Waals surface area contributed by atoms with Gasteiger partial charge in [-0.1, -0.05) is 27.5 Å². The predicted molar refractivity (Wildman–Crippen MR) is 81.1 cm³/mol. The molecular formula is C14H17BrClNO3. The van der Waals surface area contributed by atoms with Crippen molar-refractivity contribution in [2.75, 3.05) is 19.7 Å². The third kappa shape index (κ3) is 4.11. The molecule has 1 aromatic rings. The Morgan fingerprint density at radius 3 is 3.00 bits per heavy atom. The predicted octanol–water partition coefficient (Wildman–Crippen LogP) is 2.85. The van der Waals surface area contributed by atoms with E-state index >= 15 is 0 Å². The maximum absolute atomic E-state index is 12.1. The summed E-state index contributed by atoms with van der Waals surface area (Å²) in [7, 11) is 0. The lowest BCUT2D eigenvalue weighted by atomic mass is 9.95. The highest BCUT2D eigenvalue weighted by atomic mass is 79.9. The maximum atomic E-state index is 12.1. The lowest BCUT2D eigenvalue weighted by molar-refractivity contribution is -0.139. The van der Waals surface area contributed by atoms with Crippen LogP contribution in [0.15, 0.2) is 22.7 Å². The molecule has 1 fully saturated rings. The summed E-state index contributed by atoms with van der Waals surface area (Å²) in [6.45, 7) is 2.69. The van der Waals surface area contributed by atoms with Crippen LogP contribution < -0.4 is 4.74 Å². The summed E-state index contributed by atoms with van der Waals surface area (Å²) in [5.41, 5.74) is -0.802. The zero-order valence-corrected chi connectivity index (χ0v) is 13.6. The van der Waals surface area contributed by atoms with Crippen molar-refractivity contribution in [3.8, 4) is 5.75 Å². The molecule has 0 saturated carbocycles. The van der Waals surface area contributed by atoms with Crippen molar-refractivity contribution >= 4 is 33.4 Å². The van der Waals surface area contributed by atoms with Crippen LogP contribution in [-0.2, 0) is 4.79 Å². The van der Waals surface area contributed by atoms with Gasteiger partial charge in [0.15, 0.2) is 6.61 Å². The molecule has 1 unspecified atom stereocenters. The summed E-state index contributed by atoms with van der Waals surface area (Å²) < 4.78 is 6.30. The molecule has 1 aliphatic rings. The van der Waals surface area contributed by atoms with Crippen molar-refractivity contribution in [1.29, 1.82) is 0 Å². The summed E-state index contributed by atoms with van der Waals surface area (Å²) in [5, 5.41) is 10.4. The molecule has 1 atom stereocenters. The van der Waals surface area contributed by atoms with E-state index in [9.17, 15) is 9.90 Å². The van der Waals surface area contributed by atoms with E-state index in [1.807, 2.05) is 0 Å². The van der Waals surface area contributed by atoms with E-state index in [2.05, 4.69) is 15.9 Å². The number of carbonyl (C=O) groups is 1. The highest BCUT2D eigenvalue weighted by molar-refractivity contribution is 9.10. The monoisotopic (exact) mass is 361 g/mol. The molecule has 110 valence electrons. The van der Waals surface area contributed by atoms with Crippen LogP contribution in [0.2, 0.25) is 5.02 Å². The van der Waals surface area contributed by atoms with Gasteiger partial charge in [-0.25, -0.2) is 0 Å². The SMILES string of the molecule is CC1(O)CCCN(C(=O)COc2ccc(Br)cc2Cl)C1. The average Bonchev–Trinajstić information content (AvgIpc) is 2.36. The van der Waals surface area contributed by atoms with E-state index in [0.717, 1.165) is 17.3 Å². The van der Waals surface area contributed by atoms with Gasteiger partial charge in [0.05, 0.1) is 10.6 Å². The van der Waals surface area contributed by atoms with Gasteiger partial charge in [0.1, 0.15) is 5.75 Å². The fourth-order valence-corrected chi connectivity index (χ4v) is 2.98. The number of ether oxygens (including phenoxy) is 1. The highest BCUT2D eigenvalue weighted by Crippen LogP contribution is 2.28. The number of β-amino-alcohol motifs (C(OH)–C–C–N with tert-alkyl or cyclic N) is 1. The minimum Gasteiger partial charge on any atom is -0.482 e. The Morgan fingerprint density at radius 2 is 2.35 bits per heavy atom. The summed E-state index contributed by atoms with van der Waals surface area (Å²) in [6.07, 6.45) is 1.52. The molecule has 0 aliphatic carbocycles. The zero-order chi connectivity index (χ0) is 14.8. The first-order valence-corrected chi connectivity index (χ1v) is 7.62. The number of piperidine rings is 1. The normalized spacial score (nSPS) is 22.7. The van der Waals surface area contributed by atoms with Crippen molar-refractivity contribution in [2.45, 2.75) is 25.4 Å². The molecule has 0 radical (unpaired) electrons. The fraction of sp³-hybridized carbons (Fsp3) is 0.500. The quantitative estimate of drug-likeness (QED) is 0.899. The Hall–Kier alpha value is -0.780. The summed E-state index contributed by atoms with van der Waals surface area (Å²) in [6, 6.07) is 5.23. The Bertz CT molecular complexity index is 507. The van der Waals surface area contributed by atoms with Crippen molar-refractivity contribution in [3.05, 3.63) is 27.7 Å². The standard InChI is InChI=1S/C14H17BrClNO3/c1-14(19)5-2-6-17(9-14)13(18)8-20-12-4-3-10(15)7-11(12)16/h3-4,7,19H,2,5-6,8-9H2,1H3. The first-order valence-electron chi connectivity index (χ1n) is 6.45. The second kappa shape index (κ2) is 6.33. The number of carbonyl (C=O) groups excluding carboxylic acids is 1.